The molecule has 2 aliphatic heterocycles. The number of rotatable bonds is 3. The molecule has 11 heteroatoms. The van der Waals surface area contributed by atoms with Crippen molar-refractivity contribution in [2.24, 2.45) is 14.1 Å². The molecule has 4 rings (SSSR count). The van der Waals surface area contributed by atoms with Gasteiger partial charge in [0.05, 0.1) is 24.1 Å². The van der Waals surface area contributed by atoms with E-state index < -0.39 is 12.1 Å². The fourth-order valence-corrected chi connectivity index (χ4v) is 4.12. The summed E-state index contributed by atoms with van der Waals surface area (Å²) in [7, 11) is 3.99. The van der Waals surface area contributed by atoms with Crippen LogP contribution in [0.2, 0.25) is 0 Å². The topological polar surface area (TPSA) is 85.4 Å². The maximum absolute atomic E-state index is 10.6. The minimum atomic E-state index is -5.08. The van der Waals surface area contributed by atoms with Crippen molar-refractivity contribution in [1.29, 1.82) is 0 Å². The summed E-state index contributed by atoms with van der Waals surface area (Å²) in [6.45, 7) is 6.08. The smallest absolute Gasteiger partial charge is 0.475 e. The highest BCUT2D eigenvalue weighted by molar-refractivity contribution is 5.73. The number of aryl methyl sites for hydroxylation is 3. The third-order valence-electron chi connectivity index (χ3n) is 5.97. The van der Waals surface area contributed by atoms with Gasteiger partial charge in [-0.15, -0.1) is 0 Å². The Balaban J connectivity index is 0.000000339. The van der Waals surface area contributed by atoms with Crippen LogP contribution in [0.15, 0.2) is 18.5 Å². The first-order valence-corrected chi connectivity index (χ1v) is 10.1. The quantitative estimate of drug-likeness (QED) is 0.785. The van der Waals surface area contributed by atoms with E-state index in [1.54, 1.807) is 0 Å². The molecule has 8 nitrogen and oxygen atoms in total. The van der Waals surface area contributed by atoms with E-state index in [0.717, 1.165) is 45.5 Å². The number of hydrogen-bond acceptors (Lipinski definition) is 5. The van der Waals surface area contributed by atoms with Gasteiger partial charge in [-0.3, -0.25) is 14.3 Å². The Hall–Kier alpha value is -2.40. The highest BCUT2D eigenvalue weighted by Gasteiger charge is 2.43. The van der Waals surface area contributed by atoms with Crippen LogP contribution in [0.4, 0.5) is 13.2 Å². The van der Waals surface area contributed by atoms with E-state index in [4.69, 9.17) is 14.6 Å². The number of aliphatic carboxylic acids is 1. The lowest BCUT2D eigenvalue weighted by atomic mass is 9.84. The van der Waals surface area contributed by atoms with Gasteiger partial charge in [0.1, 0.15) is 0 Å². The van der Waals surface area contributed by atoms with E-state index in [1.165, 1.54) is 17.0 Å². The van der Waals surface area contributed by atoms with Gasteiger partial charge in [0, 0.05) is 51.5 Å². The lowest BCUT2D eigenvalue weighted by molar-refractivity contribution is -0.192. The molecule has 0 amide bonds. The first kappa shape index (κ1) is 23.3. The monoisotopic (exact) mass is 443 g/mol. The number of likely N-dealkylation sites (tertiary alicyclic amines) is 1. The highest BCUT2D eigenvalue weighted by atomic mass is 19.4. The molecule has 2 aromatic rings. The van der Waals surface area contributed by atoms with E-state index >= 15 is 0 Å². The zero-order valence-electron chi connectivity index (χ0n) is 17.9. The molecule has 1 unspecified atom stereocenters. The lowest BCUT2D eigenvalue weighted by Crippen LogP contribution is -2.43. The molecule has 0 aromatic carbocycles. The van der Waals surface area contributed by atoms with Crippen molar-refractivity contribution in [3.05, 3.63) is 35.4 Å². The molecule has 2 aromatic heterocycles. The molecule has 2 aliphatic rings. The van der Waals surface area contributed by atoms with E-state index in [1.807, 2.05) is 29.7 Å². The van der Waals surface area contributed by atoms with Crippen LogP contribution >= 0.6 is 0 Å². The number of nitrogens with zero attached hydrogens (tertiary/aromatic N) is 5. The summed E-state index contributed by atoms with van der Waals surface area (Å²) in [6, 6.07) is 2.19. The van der Waals surface area contributed by atoms with Gasteiger partial charge in [0.15, 0.2) is 0 Å². The Kier molecular flexibility index (Phi) is 6.75. The second kappa shape index (κ2) is 8.99. The molecule has 172 valence electrons. The molecule has 4 heterocycles. The third-order valence-corrected chi connectivity index (χ3v) is 5.97. The van der Waals surface area contributed by atoms with Crippen LogP contribution in [0, 0.1) is 6.92 Å². The number of carbonyl (C=O) groups is 1. The first-order valence-electron chi connectivity index (χ1n) is 10.1. The average molecular weight is 443 g/mol. The summed E-state index contributed by atoms with van der Waals surface area (Å²) in [5, 5.41) is 16.0. The summed E-state index contributed by atoms with van der Waals surface area (Å²) in [6.07, 6.45) is 2.41. The summed E-state index contributed by atoms with van der Waals surface area (Å²) >= 11 is 0. The van der Waals surface area contributed by atoms with Crippen molar-refractivity contribution in [2.75, 3.05) is 19.7 Å². The van der Waals surface area contributed by atoms with Crippen LogP contribution < -0.4 is 0 Å². The molecule has 0 bridgehead atoms. The van der Waals surface area contributed by atoms with E-state index in [-0.39, 0.29) is 5.60 Å². The molecule has 31 heavy (non-hydrogen) atoms. The summed E-state index contributed by atoms with van der Waals surface area (Å²) < 4.78 is 41.9. The number of alkyl halides is 3. The largest absolute Gasteiger partial charge is 0.490 e. The van der Waals surface area contributed by atoms with Crippen LogP contribution in [-0.4, -0.2) is 67.0 Å². The average Bonchev–Trinajstić information content (AvgIpc) is 3.37. The normalized spacial score (nSPS) is 21.2. The number of aromatic nitrogens is 4. The van der Waals surface area contributed by atoms with Crippen molar-refractivity contribution in [2.45, 2.75) is 50.4 Å². The molecule has 0 aliphatic carbocycles. The highest BCUT2D eigenvalue weighted by Crippen LogP contribution is 2.42. The van der Waals surface area contributed by atoms with Gasteiger partial charge in [-0.25, -0.2) is 4.79 Å². The Morgan fingerprint density at radius 1 is 1.32 bits per heavy atom. The Morgan fingerprint density at radius 3 is 2.45 bits per heavy atom. The number of carboxylic acids is 1. The first-order chi connectivity index (χ1) is 14.5. The van der Waals surface area contributed by atoms with Crippen LogP contribution in [0.3, 0.4) is 0 Å². The zero-order chi connectivity index (χ0) is 22.8. The standard InChI is InChI=1S/C18H27N5O.C2HF3O2/c1-14-8-17(20-22(14)3)12-23-6-4-18(5-7-23)9-15(13-24-18)16-10-19-21(2)11-16;3-2(4,5)1(6)7/h8,10-11,15H,4-7,9,12-13H2,1-3H3;(H,6,7). The second-order valence-corrected chi connectivity index (χ2v) is 8.32. The molecule has 1 spiro atoms. The van der Waals surface area contributed by atoms with E-state index in [9.17, 15) is 13.2 Å². The summed E-state index contributed by atoms with van der Waals surface area (Å²) in [5.74, 6) is -2.25. The van der Waals surface area contributed by atoms with Crippen molar-refractivity contribution in [3.8, 4) is 0 Å². The third kappa shape index (κ3) is 5.85. The van der Waals surface area contributed by atoms with Crippen molar-refractivity contribution >= 4 is 5.97 Å². The maximum atomic E-state index is 10.6. The van der Waals surface area contributed by atoms with Gasteiger partial charge >= 0.3 is 12.1 Å². The maximum Gasteiger partial charge on any atom is 0.490 e. The van der Waals surface area contributed by atoms with Gasteiger partial charge in [0.2, 0.25) is 0 Å². The zero-order valence-corrected chi connectivity index (χ0v) is 17.9. The number of carboxylic acid groups (broad SMARTS) is 1. The number of halogens is 3. The Bertz CT molecular complexity index is 881. The van der Waals surface area contributed by atoms with Crippen LogP contribution in [0.1, 0.15) is 42.1 Å². The SMILES string of the molecule is Cc1cc(CN2CCC3(CC2)CC(c2cnn(C)c2)CO3)nn1C.O=C(O)C(F)(F)F. The fraction of sp³-hybridized carbons (Fsp3) is 0.650. The number of piperidine rings is 1. The minimum absolute atomic E-state index is 0.0804. The molecular weight excluding hydrogens is 415 g/mol. The van der Waals surface area contributed by atoms with Gasteiger partial charge < -0.3 is 9.84 Å². The lowest BCUT2D eigenvalue weighted by Gasteiger charge is -2.38. The van der Waals surface area contributed by atoms with Gasteiger partial charge in [-0.2, -0.15) is 23.4 Å². The predicted molar refractivity (Wildman–Crippen MR) is 105 cm³/mol. The Labute approximate surface area is 178 Å². The van der Waals surface area contributed by atoms with E-state index in [0.29, 0.717) is 5.92 Å². The predicted octanol–water partition coefficient (Wildman–Crippen LogP) is 2.63. The van der Waals surface area contributed by atoms with Gasteiger partial charge in [-0.05, 0) is 37.8 Å². The minimum Gasteiger partial charge on any atom is -0.475 e. The molecule has 1 atom stereocenters. The molecule has 0 saturated carbocycles. The van der Waals surface area contributed by atoms with Crippen molar-refractivity contribution in [1.82, 2.24) is 24.5 Å². The molecular formula is C20H28F3N5O3. The molecule has 2 fully saturated rings. The van der Waals surface area contributed by atoms with Crippen LogP contribution in [-0.2, 0) is 30.2 Å². The summed E-state index contributed by atoms with van der Waals surface area (Å²) in [5.41, 5.74) is 3.79. The molecule has 2 saturated heterocycles. The number of hydrogen-bond donors (Lipinski definition) is 1. The fourth-order valence-electron chi connectivity index (χ4n) is 4.12. The van der Waals surface area contributed by atoms with E-state index in [2.05, 4.69) is 34.3 Å². The van der Waals surface area contributed by atoms with Crippen LogP contribution in [0.25, 0.3) is 0 Å². The Morgan fingerprint density at radius 2 is 1.97 bits per heavy atom. The van der Waals surface area contributed by atoms with Crippen molar-refractivity contribution in [3.63, 3.8) is 0 Å². The molecule has 0 radical (unpaired) electrons. The second-order valence-electron chi connectivity index (χ2n) is 8.32. The van der Waals surface area contributed by atoms with Gasteiger partial charge in [0.25, 0.3) is 0 Å². The number of ether oxygens (including phenoxy) is 1. The van der Waals surface area contributed by atoms with Crippen LogP contribution in [0.5, 0.6) is 0 Å². The van der Waals surface area contributed by atoms with Gasteiger partial charge in [-0.1, -0.05) is 0 Å². The summed E-state index contributed by atoms with van der Waals surface area (Å²) in [4.78, 5) is 11.4. The molecule has 1 N–H and O–H groups in total. The van der Waals surface area contributed by atoms with Crippen molar-refractivity contribution < 1.29 is 27.8 Å².